The van der Waals surface area contributed by atoms with E-state index >= 15 is 0 Å². The van der Waals surface area contributed by atoms with Gasteiger partial charge in [0, 0.05) is 61.9 Å². The fourth-order valence-corrected chi connectivity index (χ4v) is 4.38. The van der Waals surface area contributed by atoms with Crippen LogP contribution in [0.15, 0.2) is 35.0 Å². The molecule has 4 N–H and O–H groups in total. The minimum atomic E-state index is -0.204. The van der Waals surface area contributed by atoms with Crippen LogP contribution < -0.4 is 11.1 Å². The highest BCUT2D eigenvalue weighted by atomic mass is 16.2. The van der Waals surface area contributed by atoms with E-state index in [9.17, 15) is 9.59 Å². The summed E-state index contributed by atoms with van der Waals surface area (Å²) in [5, 5.41) is 2.93. The molecule has 1 aromatic heterocycles. The predicted octanol–water partition coefficient (Wildman–Crippen LogP) is 2.59. The SMILES string of the molecule is CN=C1CN(C)CCN(C)C(=O)c2cc(C)[nH]c2/C=C2\C(=O)Nc3ccc(cc32)/C1=C(\C)N. The van der Waals surface area contributed by atoms with Crippen LogP contribution in [0.4, 0.5) is 5.69 Å². The fraction of sp³-hybridized carbons (Fsp3) is 0.320. The van der Waals surface area contributed by atoms with Gasteiger partial charge in [-0.1, -0.05) is 6.07 Å². The van der Waals surface area contributed by atoms with Gasteiger partial charge in [0.1, 0.15) is 0 Å². The van der Waals surface area contributed by atoms with Crippen LogP contribution in [0.3, 0.4) is 0 Å². The molecule has 0 spiro atoms. The third-order valence-electron chi connectivity index (χ3n) is 6.13. The summed E-state index contributed by atoms with van der Waals surface area (Å²) in [7, 11) is 5.55. The maximum Gasteiger partial charge on any atom is 0.256 e. The number of rotatable bonds is 0. The first kappa shape index (κ1) is 22.5. The zero-order valence-corrected chi connectivity index (χ0v) is 19.7. The number of H-pyrrole nitrogens is 1. The molecule has 0 atom stereocenters. The average Bonchev–Trinajstić information content (AvgIpc) is 3.29. The van der Waals surface area contributed by atoms with Gasteiger partial charge < -0.3 is 20.9 Å². The summed E-state index contributed by atoms with van der Waals surface area (Å²) in [4.78, 5) is 37.7. The molecule has 0 aliphatic carbocycles. The highest BCUT2D eigenvalue weighted by molar-refractivity contribution is 6.35. The Kier molecular flexibility index (Phi) is 5.95. The summed E-state index contributed by atoms with van der Waals surface area (Å²) >= 11 is 0. The molecule has 2 aromatic rings. The monoisotopic (exact) mass is 446 g/mol. The Morgan fingerprint density at radius 2 is 1.88 bits per heavy atom. The first-order chi connectivity index (χ1) is 15.7. The van der Waals surface area contributed by atoms with E-state index < -0.39 is 0 Å². The largest absolute Gasteiger partial charge is 0.402 e. The van der Waals surface area contributed by atoms with Crippen molar-refractivity contribution in [2.45, 2.75) is 13.8 Å². The number of benzene rings is 1. The second-order valence-corrected chi connectivity index (χ2v) is 8.75. The summed E-state index contributed by atoms with van der Waals surface area (Å²) < 4.78 is 0. The number of nitrogens with zero attached hydrogens (tertiary/aromatic N) is 3. The average molecular weight is 447 g/mol. The van der Waals surface area contributed by atoms with E-state index in [2.05, 4.69) is 20.2 Å². The molecule has 2 bridgehead atoms. The molecule has 2 aliphatic rings. The number of allylic oxidation sites excluding steroid dienone is 1. The van der Waals surface area contributed by atoms with Crippen molar-refractivity contribution in [3.8, 4) is 0 Å². The number of aliphatic imine (C=N–C) groups is 1. The number of aromatic nitrogens is 1. The number of carbonyl (C=O) groups excluding carboxylic acids is 2. The van der Waals surface area contributed by atoms with Gasteiger partial charge in [-0.3, -0.25) is 19.5 Å². The number of aromatic amines is 1. The van der Waals surface area contributed by atoms with Gasteiger partial charge in [-0.15, -0.1) is 0 Å². The van der Waals surface area contributed by atoms with Crippen molar-refractivity contribution < 1.29 is 9.59 Å². The van der Waals surface area contributed by atoms with Crippen LogP contribution in [0.5, 0.6) is 0 Å². The van der Waals surface area contributed by atoms with Gasteiger partial charge in [0.25, 0.3) is 11.8 Å². The lowest BCUT2D eigenvalue weighted by Gasteiger charge is -2.24. The van der Waals surface area contributed by atoms with Gasteiger partial charge in [0.05, 0.1) is 22.5 Å². The smallest absolute Gasteiger partial charge is 0.256 e. The molecule has 2 aliphatic heterocycles. The maximum absolute atomic E-state index is 13.2. The van der Waals surface area contributed by atoms with E-state index in [1.54, 1.807) is 25.1 Å². The standard InChI is InChI=1S/C25H30N6O2/c1-14-10-19-21(28-14)12-18-17-11-16(6-7-20(17)29-24(18)32)23(15(2)26)22(27-3)13-30(4)8-9-31(5)25(19)33/h6-7,10-12,28H,8-9,13,26H2,1-5H3,(H,29,32)/b18-12-,23-15-,27-22?. The van der Waals surface area contributed by atoms with Gasteiger partial charge in [-0.2, -0.15) is 0 Å². The van der Waals surface area contributed by atoms with Crippen molar-refractivity contribution >= 4 is 40.4 Å². The highest BCUT2D eigenvalue weighted by Crippen LogP contribution is 2.36. The lowest BCUT2D eigenvalue weighted by Crippen LogP contribution is -2.37. The van der Waals surface area contributed by atoms with Crippen LogP contribution in [0.1, 0.15) is 39.8 Å². The van der Waals surface area contributed by atoms with Crippen LogP contribution in [0, 0.1) is 6.92 Å². The van der Waals surface area contributed by atoms with Crippen LogP contribution in [-0.4, -0.2) is 73.1 Å². The predicted molar refractivity (Wildman–Crippen MR) is 133 cm³/mol. The minimum absolute atomic E-state index is 0.0929. The zero-order valence-electron chi connectivity index (χ0n) is 19.7. The number of nitrogens with one attached hydrogen (secondary N) is 2. The normalized spacial score (nSPS) is 21.8. The van der Waals surface area contributed by atoms with E-state index in [0.29, 0.717) is 42.2 Å². The van der Waals surface area contributed by atoms with E-state index in [1.807, 2.05) is 45.2 Å². The van der Waals surface area contributed by atoms with Gasteiger partial charge in [0.15, 0.2) is 0 Å². The number of fused-ring (bicyclic) bond motifs is 2. The Hall–Kier alpha value is -3.65. The topological polar surface area (TPSA) is 107 Å². The molecular weight excluding hydrogens is 416 g/mol. The molecule has 1 aromatic carbocycles. The lowest BCUT2D eigenvalue weighted by molar-refractivity contribution is -0.110. The number of aryl methyl sites for hydroxylation is 1. The summed E-state index contributed by atoms with van der Waals surface area (Å²) in [6.07, 6.45) is 1.76. The van der Waals surface area contributed by atoms with Crippen molar-refractivity contribution in [2.24, 2.45) is 10.7 Å². The first-order valence-electron chi connectivity index (χ1n) is 10.9. The second-order valence-electron chi connectivity index (χ2n) is 8.75. The number of hydrogen-bond donors (Lipinski definition) is 3. The fourth-order valence-electron chi connectivity index (χ4n) is 4.38. The Morgan fingerprint density at radius 3 is 2.58 bits per heavy atom. The van der Waals surface area contributed by atoms with Crippen LogP contribution >= 0.6 is 0 Å². The molecule has 172 valence electrons. The van der Waals surface area contributed by atoms with Crippen molar-refractivity contribution in [1.29, 1.82) is 0 Å². The van der Waals surface area contributed by atoms with Gasteiger partial charge in [-0.05, 0) is 50.7 Å². The molecule has 0 fully saturated rings. The molecule has 3 heterocycles. The number of likely N-dealkylation sites (N-methyl/N-ethyl adjacent to an activating group) is 2. The molecule has 0 saturated carbocycles. The number of amides is 2. The molecular formula is C25H30N6O2. The Balaban J connectivity index is 1.95. The van der Waals surface area contributed by atoms with Gasteiger partial charge >= 0.3 is 0 Å². The third-order valence-corrected chi connectivity index (χ3v) is 6.13. The quantitative estimate of drug-likeness (QED) is 0.578. The summed E-state index contributed by atoms with van der Waals surface area (Å²) in [6, 6.07) is 7.65. The van der Waals surface area contributed by atoms with Crippen LogP contribution in [-0.2, 0) is 4.79 Å². The van der Waals surface area contributed by atoms with E-state index in [4.69, 9.17) is 5.73 Å². The molecule has 0 unspecified atom stereocenters. The maximum atomic E-state index is 13.2. The van der Waals surface area contributed by atoms with Crippen molar-refractivity contribution in [3.05, 3.63) is 58.0 Å². The summed E-state index contributed by atoms with van der Waals surface area (Å²) in [5.41, 5.74) is 13.6. The number of hydrogen-bond acceptors (Lipinski definition) is 5. The van der Waals surface area contributed by atoms with E-state index in [1.165, 1.54) is 0 Å². The third kappa shape index (κ3) is 4.21. The number of nitrogens with two attached hydrogens (primary N) is 1. The summed E-state index contributed by atoms with van der Waals surface area (Å²) in [6.45, 7) is 5.56. The van der Waals surface area contributed by atoms with Gasteiger partial charge in [-0.25, -0.2) is 0 Å². The lowest BCUT2D eigenvalue weighted by atomic mass is 9.94. The van der Waals surface area contributed by atoms with Gasteiger partial charge in [0.2, 0.25) is 0 Å². The summed E-state index contributed by atoms with van der Waals surface area (Å²) in [5.74, 6) is -0.297. The number of carbonyl (C=O) groups is 2. The minimum Gasteiger partial charge on any atom is -0.402 e. The Labute approximate surface area is 193 Å². The van der Waals surface area contributed by atoms with Crippen molar-refractivity contribution in [1.82, 2.24) is 14.8 Å². The number of anilines is 1. The van der Waals surface area contributed by atoms with Crippen LogP contribution in [0.2, 0.25) is 0 Å². The van der Waals surface area contributed by atoms with E-state index in [-0.39, 0.29) is 11.8 Å². The molecule has 0 saturated heterocycles. The van der Waals surface area contributed by atoms with Crippen LogP contribution in [0.25, 0.3) is 17.2 Å². The molecule has 33 heavy (non-hydrogen) atoms. The second kappa shape index (κ2) is 8.71. The molecule has 4 rings (SSSR count). The molecule has 8 nitrogen and oxygen atoms in total. The zero-order chi connectivity index (χ0) is 23.9. The Bertz CT molecular complexity index is 1230. The molecule has 8 heteroatoms. The molecule has 2 amide bonds. The van der Waals surface area contributed by atoms with Crippen molar-refractivity contribution in [3.63, 3.8) is 0 Å². The van der Waals surface area contributed by atoms with Crippen molar-refractivity contribution in [2.75, 3.05) is 46.1 Å². The Morgan fingerprint density at radius 1 is 1.12 bits per heavy atom. The van der Waals surface area contributed by atoms with E-state index in [0.717, 1.165) is 33.8 Å². The highest BCUT2D eigenvalue weighted by Gasteiger charge is 2.28. The first-order valence-corrected chi connectivity index (χ1v) is 10.9. The molecule has 0 radical (unpaired) electrons.